The molecule has 31 heavy (non-hydrogen) atoms. The maximum Gasteiger partial charge on any atom is 0.274 e. The fraction of sp³-hybridized carbons (Fsp3) is 0.364. The molecule has 1 amide bonds. The Hall–Kier alpha value is -3.07. The van der Waals surface area contributed by atoms with E-state index >= 15 is 0 Å². The van der Waals surface area contributed by atoms with Gasteiger partial charge in [0.2, 0.25) is 5.43 Å². The third-order valence-corrected chi connectivity index (χ3v) is 6.99. The predicted molar refractivity (Wildman–Crippen MR) is 114 cm³/mol. The summed E-state index contributed by atoms with van der Waals surface area (Å²) in [6.45, 7) is 1.07. The third kappa shape index (κ3) is 3.63. The zero-order valence-electron chi connectivity index (χ0n) is 16.8. The highest BCUT2D eigenvalue weighted by atomic mass is 32.1. The van der Waals surface area contributed by atoms with Gasteiger partial charge in [0.25, 0.3) is 5.91 Å². The molecule has 0 bridgehead atoms. The number of rotatable bonds is 4. The van der Waals surface area contributed by atoms with Crippen molar-refractivity contribution in [3.05, 3.63) is 62.8 Å². The molecule has 3 aromatic rings. The summed E-state index contributed by atoms with van der Waals surface area (Å²) in [6, 6.07) is 6.32. The summed E-state index contributed by atoms with van der Waals surface area (Å²) in [7, 11) is 0. The van der Waals surface area contributed by atoms with E-state index in [-0.39, 0.29) is 29.0 Å². The molecule has 1 aromatic carbocycles. The molecule has 1 saturated carbocycles. The summed E-state index contributed by atoms with van der Waals surface area (Å²) >= 11 is 1.24. The van der Waals surface area contributed by atoms with Gasteiger partial charge in [-0.3, -0.25) is 9.59 Å². The smallest absolute Gasteiger partial charge is 0.274 e. The van der Waals surface area contributed by atoms with E-state index in [4.69, 9.17) is 0 Å². The van der Waals surface area contributed by atoms with Crippen molar-refractivity contribution < 1.29 is 14.3 Å². The van der Waals surface area contributed by atoms with Gasteiger partial charge in [-0.1, -0.05) is 36.3 Å². The number of pyridine rings is 1. The van der Waals surface area contributed by atoms with Crippen LogP contribution in [0.5, 0.6) is 5.75 Å². The number of aromatic nitrogens is 3. The van der Waals surface area contributed by atoms with E-state index in [0.29, 0.717) is 29.5 Å². The molecular weight excluding hydrogens is 419 g/mol. The van der Waals surface area contributed by atoms with Crippen LogP contribution in [0.4, 0.5) is 4.39 Å². The number of benzene rings is 1. The lowest BCUT2D eigenvalue weighted by Crippen LogP contribution is -2.46. The van der Waals surface area contributed by atoms with Crippen molar-refractivity contribution in [3.63, 3.8) is 0 Å². The topological polar surface area (TPSA) is 88.3 Å². The monoisotopic (exact) mass is 440 g/mol. The molecule has 1 N–H and O–H groups in total. The largest absolute Gasteiger partial charge is 0.503 e. The first kappa shape index (κ1) is 19.9. The van der Waals surface area contributed by atoms with Gasteiger partial charge in [0, 0.05) is 31.7 Å². The number of halogens is 1. The first-order valence-electron chi connectivity index (χ1n) is 10.4. The van der Waals surface area contributed by atoms with Gasteiger partial charge in [-0.25, -0.2) is 4.39 Å². The Balaban J connectivity index is 1.45. The Labute approximate surface area is 181 Å². The van der Waals surface area contributed by atoms with E-state index in [9.17, 15) is 19.1 Å². The van der Waals surface area contributed by atoms with Crippen LogP contribution in [0.1, 0.15) is 46.7 Å². The standard InChI is InChI=1S/C22H21FN4O3S/c23-14-7-5-13(6-8-14)11-17-24-25-21(31-17)16-12-26-9-10-27(15-3-1-2-4-15)22(30)18(26)20(29)19(16)28/h5-8,12,15,29H,1-4,9-11H2. The molecule has 1 fully saturated rings. The maximum atomic E-state index is 13.1. The number of carbonyl (C=O) groups excluding carboxylic acids is 1. The minimum atomic E-state index is -0.614. The van der Waals surface area contributed by atoms with Crippen molar-refractivity contribution in [2.24, 2.45) is 0 Å². The Bertz CT molecular complexity index is 1200. The quantitative estimate of drug-likeness (QED) is 0.673. The van der Waals surface area contributed by atoms with Crippen LogP contribution in [0.2, 0.25) is 0 Å². The number of carbonyl (C=O) groups is 1. The van der Waals surface area contributed by atoms with E-state index in [1.54, 1.807) is 27.8 Å². The molecule has 0 spiro atoms. The molecule has 0 atom stereocenters. The van der Waals surface area contributed by atoms with Crippen LogP contribution >= 0.6 is 11.3 Å². The van der Waals surface area contributed by atoms with Gasteiger partial charge in [0.15, 0.2) is 16.5 Å². The summed E-state index contributed by atoms with van der Waals surface area (Å²) in [4.78, 5) is 27.7. The number of hydrogen-bond donors (Lipinski definition) is 1. The number of hydrogen-bond acceptors (Lipinski definition) is 6. The molecule has 0 radical (unpaired) electrons. The lowest BCUT2D eigenvalue weighted by Gasteiger charge is -2.34. The molecule has 160 valence electrons. The second kappa shape index (κ2) is 7.88. The van der Waals surface area contributed by atoms with Crippen LogP contribution in [0.3, 0.4) is 0 Å². The zero-order chi connectivity index (χ0) is 21.5. The normalized spacial score (nSPS) is 16.7. The van der Waals surface area contributed by atoms with Crippen LogP contribution in [-0.2, 0) is 13.0 Å². The van der Waals surface area contributed by atoms with E-state index in [1.807, 2.05) is 0 Å². The van der Waals surface area contributed by atoms with Crippen molar-refractivity contribution in [1.82, 2.24) is 19.7 Å². The predicted octanol–water partition coefficient (Wildman–Crippen LogP) is 3.20. The van der Waals surface area contributed by atoms with Crippen LogP contribution < -0.4 is 5.43 Å². The molecule has 0 unspecified atom stereocenters. The zero-order valence-corrected chi connectivity index (χ0v) is 17.6. The van der Waals surface area contributed by atoms with Crippen LogP contribution in [0, 0.1) is 5.82 Å². The molecule has 2 aromatic heterocycles. The molecule has 7 nitrogen and oxygen atoms in total. The summed E-state index contributed by atoms with van der Waals surface area (Å²) in [5.41, 5.74) is 0.554. The highest BCUT2D eigenvalue weighted by Crippen LogP contribution is 2.31. The first-order valence-corrected chi connectivity index (χ1v) is 11.2. The lowest BCUT2D eigenvalue weighted by molar-refractivity contribution is 0.0615. The molecule has 2 aliphatic rings. The molecular formula is C22H21FN4O3S. The van der Waals surface area contributed by atoms with Crippen LogP contribution in [-0.4, -0.2) is 43.3 Å². The minimum Gasteiger partial charge on any atom is -0.503 e. The highest BCUT2D eigenvalue weighted by molar-refractivity contribution is 7.14. The maximum absolute atomic E-state index is 13.1. The van der Waals surface area contributed by atoms with E-state index < -0.39 is 11.2 Å². The molecule has 1 aliphatic carbocycles. The minimum absolute atomic E-state index is 0.0583. The molecule has 0 saturated heterocycles. The number of fused-ring (bicyclic) bond motifs is 1. The van der Waals surface area contributed by atoms with E-state index in [1.165, 1.54) is 23.5 Å². The number of amides is 1. The summed E-state index contributed by atoms with van der Waals surface area (Å²) in [6.07, 6.45) is 6.20. The van der Waals surface area contributed by atoms with Crippen LogP contribution in [0.15, 0.2) is 35.3 Å². The second-order valence-corrected chi connectivity index (χ2v) is 9.07. The summed E-state index contributed by atoms with van der Waals surface area (Å²) in [5.74, 6) is -1.12. The summed E-state index contributed by atoms with van der Waals surface area (Å²) in [5, 5.41) is 19.9. The Morgan fingerprint density at radius 2 is 1.84 bits per heavy atom. The fourth-order valence-electron chi connectivity index (χ4n) is 4.43. The average molecular weight is 441 g/mol. The van der Waals surface area contributed by atoms with Gasteiger partial charge in [-0.05, 0) is 30.5 Å². The highest BCUT2D eigenvalue weighted by Gasteiger charge is 2.35. The van der Waals surface area contributed by atoms with Gasteiger partial charge in [0.05, 0.1) is 5.56 Å². The fourth-order valence-corrected chi connectivity index (χ4v) is 5.31. The Morgan fingerprint density at radius 1 is 1.10 bits per heavy atom. The summed E-state index contributed by atoms with van der Waals surface area (Å²) < 4.78 is 14.8. The average Bonchev–Trinajstić information content (AvgIpc) is 3.45. The van der Waals surface area contributed by atoms with Gasteiger partial charge in [0.1, 0.15) is 10.8 Å². The first-order chi connectivity index (χ1) is 15.0. The molecule has 9 heteroatoms. The Morgan fingerprint density at radius 3 is 2.58 bits per heavy atom. The second-order valence-electron chi connectivity index (χ2n) is 8.00. The van der Waals surface area contributed by atoms with Gasteiger partial charge < -0.3 is 14.6 Å². The lowest BCUT2D eigenvalue weighted by atomic mass is 10.1. The van der Waals surface area contributed by atoms with Crippen molar-refractivity contribution in [2.75, 3.05) is 6.54 Å². The third-order valence-electron chi connectivity index (χ3n) is 6.03. The number of nitrogens with zero attached hydrogens (tertiary/aromatic N) is 4. The van der Waals surface area contributed by atoms with Crippen molar-refractivity contribution in [3.8, 4) is 16.3 Å². The van der Waals surface area contributed by atoms with Crippen molar-refractivity contribution in [1.29, 1.82) is 0 Å². The Kier molecular flexibility index (Phi) is 5.05. The van der Waals surface area contributed by atoms with Gasteiger partial charge in [-0.2, -0.15) is 0 Å². The van der Waals surface area contributed by atoms with Gasteiger partial charge >= 0.3 is 0 Å². The van der Waals surface area contributed by atoms with Gasteiger partial charge in [-0.15, -0.1) is 10.2 Å². The number of aromatic hydroxyl groups is 1. The van der Waals surface area contributed by atoms with Crippen LogP contribution in [0.25, 0.3) is 10.6 Å². The molecule has 5 rings (SSSR count). The van der Waals surface area contributed by atoms with Crippen molar-refractivity contribution >= 4 is 17.2 Å². The van der Waals surface area contributed by atoms with E-state index in [2.05, 4.69) is 10.2 Å². The van der Waals surface area contributed by atoms with Crippen molar-refractivity contribution in [2.45, 2.75) is 44.7 Å². The molecule has 3 heterocycles. The molecule has 1 aliphatic heterocycles. The SMILES string of the molecule is O=C1c2c(O)c(=O)c(-c3nnc(Cc4ccc(F)cc4)s3)cn2CCN1C1CCCC1. The van der Waals surface area contributed by atoms with E-state index in [0.717, 1.165) is 31.2 Å².